The lowest BCUT2D eigenvalue weighted by Gasteiger charge is -2.31. The van der Waals surface area contributed by atoms with Crippen LogP contribution in [-0.2, 0) is 22.6 Å². The molecule has 2 unspecified atom stereocenters. The van der Waals surface area contributed by atoms with Gasteiger partial charge in [-0.05, 0) is 44.2 Å². The van der Waals surface area contributed by atoms with Crippen LogP contribution in [0.5, 0.6) is 0 Å². The predicted octanol–water partition coefficient (Wildman–Crippen LogP) is 4.65. The second-order valence-corrected chi connectivity index (χ2v) is 7.73. The number of rotatable bonds is 10. The van der Waals surface area contributed by atoms with Crippen LogP contribution in [0.25, 0.3) is 0 Å². The number of nitrogens with one attached hydrogen (secondary N) is 1. The molecule has 1 N–H and O–H groups in total. The van der Waals surface area contributed by atoms with Crippen molar-refractivity contribution in [3.05, 3.63) is 71.3 Å². The smallest absolute Gasteiger partial charge is 0.243 e. The number of nitrogens with zero attached hydrogens (tertiary/aromatic N) is 1. The number of aryl methyl sites for hydroxylation is 2. The fourth-order valence-corrected chi connectivity index (χ4v) is 3.29. The third-order valence-electron chi connectivity index (χ3n) is 5.33. The molecule has 156 valence electrons. The second-order valence-electron chi connectivity index (χ2n) is 7.73. The van der Waals surface area contributed by atoms with Crippen LogP contribution >= 0.6 is 0 Å². The van der Waals surface area contributed by atoms with Crippen molar-refractivity contribution >= 4 is 11.8 Å². The normalized spacial score (nSPS) is 12.8. The van der Waals surface area contributed by atoms with Crippen molar-refractivity contribution in [1.82, 2.24) is 10.2 Å². The van der Waals surface area contributed by atoms with E-state index in [1.54, 1.807) is 4.90 Å². The summed E-state index contributed by atoms with van der Waals surface area (Å²) in [5, 5.41) is 3.05. The van der Waals surface area contributed by atoms with Crippen LogP contribution < -0.4 is 5.32 Å². The van der Waals surface area contributed by atoms with Crippen LogP contribution in [0.15, 0.2) is 54.6 Å². The minimum atomic E-state index is -0.463. The number of hydrogen-bond donors (Lipinski definition) is 1. The number of carbonyl (C=O) groups excluding carboxylic acids is 2. The van der Waals surface area contributed by atoms with Crippen molar-refractivity contribution < 1.29 is 9.59 Å². The Morgan fingerprint density at radius 2 is 1.59 bits per heavy atom. The molecule has 0 aliphatic heterocycles. The fraction of sp³-hybridized carbons (Fsp3) is 0.440. The molecule has 0 fully saturated rings. The lowest BCUT2D eigenvalue weighted by molar-refractivity contribution is -0.141. The molecule has 0 heterocycles. The van der Waals surface area contributed by atoms with Gasteiger partial charge in [0, 0.05) is 19.0 Å². The Morgan fingerprint density at radius 3 is 2.17 bits per heavy atom. The molecular formula is C25H34N2O2. The summed E-state index contributed by atoms with van der Waals surface area (Å²) in [6, 6.07) is 17.8. The van der Waals surface area contributed by atoms with Crippen molar-refractivity contribution in [2.45, 2.75) is 72.0 Å². The SMILES string of the molecule is CCC(C)NC(=O)C(CC)N(Cc1ccccc1)C(=O)CCc1ccc(C)cc1. The molecule has 0 radical (unpaired) electrons. The van der Waals surface area contributed by atoms with Crippen LogP contribution in [0, 0.1) is 6.92 Å². The number of hydrogen-bond acceptors (Lipinski definition) is 2. The minimum Gasteiger partial charge on any atom is -0.352 e. The molecule has 4 heteroatoms. The summed E-state index contributed by atoms with van der Waals surface area (Å²) in [5.74, 6) is -0.0537. The lowest BCUT2D eigenvalue weighted by atomic mass is 10.0. The molecule has 2 aromatic rings. The Hall–Kier alpha value is -2.62. The molecule has 0 spiro atoms. The molecule has 0 saturated carbocycles. The van der Waals surface area contributed by atoms with Crippen LogP contribution in [0.2, 0.25) is 0 Å². The molecule has 0 saturated heterocycles. The second kappa shape index (κ2) is 11.4. The van der Waals surface area contributed by atoms with Crippen LogP contribution in [0.3, 0.4) is 0 Å². The first-order valence-electron chi connectivity index (χ1n) is 10.6. The Balaban J connectivity index is 2.16. The van der Waals surface area contributed by atoms with Gasteiger partial charge in [-0.25, -0.2) is 0 Å². The van der Waals surface area contributed by atoms with Crippen molar-refractivity contribution in [2.24, 2.45) is 0 Å². The van der Waals surface area contributed by atoms with Gasteiger partial charge in [0.2, 0.25) is 11.8 Å². The topological polar surface area (TPSA) is 49.4 Å². The van der Waals surface area contributed by atoms with Crippen molar-refractivity contribution in [3.63, 3.8) is 0 Å². The Kier molecular flexibility index (Phi) is 8.91. The van der Waals surface area contributed by atoms with Gasteiger partial charge >= 0.3 is 0 Å². The maximum Gasteiger partial charge on any atom is 0.243 e. The zero-order valence-corrected chi connectivity index (χ0v) is 18.2. The highest BCUT2D eigenvalue weighted by atomic mass is 16.2. The van der Waals surface area contributed by atoms with Crippen LogP contribution in [0.1, 0.15) is 56.7 Å². The predicted molar refractivity (Wildman–Crippen MR) is 118 cm³/mol. The quantitative estimate of drug-likeness (QED) is 0.638. The Morgan fingerprint density at radius 1 is 0.931 bits per heavy atom. The minimum absolute atomic E-state index is 0.0144. The maximum absolute atomic E-state index is 13.2. The molecule has 29 heavy (non-hydrogen) atoms. The summed E-state index contributed by atoms with van der Waals surface area (Å²) in [6.07, 6.45) is 2.52. The van der Waals surface area contributed by atoms with Gasteiger partial charge in [-0.3, -0.25) is 9.59 Å². The maximum atomic E-state index is 13.2. The van der Waals surface area contributed by atoms with E-state index in [1.165, 1.54) is 5.56 Å². The zero-order chi connectivity index (χ0) is 21.2. The van der Waals surface area contributed by atoms with E-state index < -0.39 is 6.04 Å². The van der Waals surface area contributed by atoms with Gasteiger partial charge < -0.3 is 10.2 Å². The summed E-state index contributed by atoms with van der Waals surface area (Å²) in [7, 11) is 0. The summed E-state index contributed by atoms with van der Waals surface area (Å²) < 4.78 is 0. The molecule has 4 nitrogen and oxygen atoms in total. The zero-order valence-electron chi connectivity index (χ0n) is 18.2. The third kappa shape index (κ3) is 7.04. The Bertz CT molecular complexity index is 771. The van der Waals surface area contributed by atoms with Crippen molar-refractivity contribution in [1.29, 1.82) is 0 Å². The highest BCUT2D eigenvalue weighted by molar-refractivity contribution is 5.87. The van der Waals surface area contributed by atoms with Crippen LogP contribution in [0.4, 0.5) is 0 Å². The molecule has 0 aliphatic carbocycles. The average molecular weight is 395 g/mol. The summed E-state index contributed by atoms with van der Waals surface area (Å²) in [4.78, 5) is 27.8. The fourth-order valence-electron chi connectivity index (χ4n) is 3.29. The van der Waals surface area contributed by atoms with E-state index in [1.807, 2.05) is 51.1 Å². The highest BCUT2D eigenvalue weighted by Gasteiger charge is 2.28. The van der Waals surface area contributed by atoms with Gasteiger partial charge in [0.05, 0.1) is 0 Å². The van der Waals surface area contributed by atoms with Crippen LogP contribution in [-0.4, -0.2) is 28.8 Å². The van der Waals surface area contributed by atoms with Gasteiger partial charge in [-0.2, -0.15) is 0 Å². The van der Waals surface area contributed by atoms with E-state index in [9.17, 15) is 9.59 Å². The van der Waals surface area contributed by atoms with E-state index in [2.05, 4.69) is 36.5 Å². The number of carbonyl (C=O) groups is 2. The summed E-state index contributed by atoms with van der Waals surface area (Å²) >= 11 is 0. The summed E-state index contributed by atoms with van der Waals surface area (Å²) in [6.45, 7) is 8.50. The standard InChI is InChI=1S/C25H34N2O2/c1-5-20(4)26-25(29)23(6-2)27(18-22-10-8-7-9-11-22)24(28)17-16-21-14-12-19(3)13-15-21/h7-15,20,23H,5-6,16-18H2,1-4H3,(H,26,29). The van der Waals surface area contributed by atoms with Crippen molar-refractivity contribution in [3.8, 4) is 0 Å². The summed E-state index contributed by atoms with van der Waals surface area (Å²) in [5.41, 5.74) is 3.38. The van der Waals surface area contributed by atoms with E-state index in [-0.39, 0.29) is 17.9 Å². The molecule has 2 amide bonds. The van der Waals surface area contributed by atoms with Gasteiger partial charge in [0.25, 0.3) is 0 Å². The van der Waals surface area contributed by atoms with E-state index >= 15 is 0 Å². The molecule has 0 aliphatic rings. The van der Waals surface area contributed by atoms with E-state index in [0.717, 1.165) is 17.5 Å². The lowest BCUT2D eigenvalue weighted by Crippen LogP contribution is -2.50. The number of amides is 2. The van der Waals surface area contributed by atoms with Crippen molar-refractivity contribution in [2.75, 3.05) is 0 Å². The van der Waals surface area contributed by atoms with Gasteiger partial charge in [0.1, 0.15) is 6.04 Å². The molecule has 2 aromatic carbocycles. The molecule has 2 rings (SSSR count). The molecule has 2 atom stereocenters. The third-order valence-corrected chi connectivity index (χ3v) is 5.33. The monoisotopic (exact) mass is 394 g/mol. The number of benzene rings is 2. The van der Waals surface area contributed by atoms with E-state index in [4.69, 9.17) is 0 Å². The van der Waals surface area contributed by atoms with Gasteiger partial charge in [-0.15, -0.1) is 0 Å². The molecule has 0 aromatic heterocycles. The van der Waals surface area contributed by atoms with E-state index in [0.29, 0.717) is 25.8 Å². The molecule has 0 bridgehead atoms. The van der Waals surface area contributed by atoms with Gasteiger partial charge in [-0.1, -0.05) is 74.0 Å². The largest absolute Gasteiger partial charge is 0.352 e. The molecular weight excluding hydrogens is 360 g/mol. The Labute approximate surface area is 175 Å². The average Bonchev–Trinajstić information content (AvgIpc) is 2.73. The first-order chi connectivity index (χ1) is 13.9. The van der Waals surface area contributed by atoms with Gasteiger partial charge in [0.15, 0.2) is 0 Å². The first kappa shape index (κ1) is 22.7. The first-order valence-corrected chi connectivity index (χ1v) is 10.6. The highest BCUT2D eigenvalue weighted by Crippen LogP contribution is 2.15.